The summed E-state index contributed by atoms with van der Waals surface area (Å²) in [4.78, 5) is 14.9. The Kier molecular flexibility index (Phi) is 7.29. The fourth-order valence-electron chi connectivity index (χ4n) is 3.49. The second-order valence-electron chi connectivity index (χ2n) is 7.40. The Morgan fingerprint density at radius 3 is 2.76 bits per heavy atom. The molecule has 0 atom stereocenters. The van der Waals surface area contributed by atoms with Crippen LogP contribution in [0.15, 0.2) is 42.0 Å². The molecular weight excluding hydrogens is 426 g/mol. The summed E-state index contributed by atoms with van der Waals surface area (Å²) in [6.45, 7) is 4.63. The summed E-state index contributed by atoms with van der Waals surface area (Å²) in [7, 11) is 1.57. The van der Waals surface area contributed by atoms with E-state index < -0.39 is 5.91 Å². The molecule has 0 aromatic heterocycles. The highest BCUT2D eigenvalue weighted by atomic mass is 16.7. The second kappa shape index (κ2) is 10.7. The van der Waals surface area contributed by atoms with Crippen LogP contribution in [0.4, 0.5) is 5.69 Å². The van der Waals surface area contributed by atoms with Crippen molar-refractivity contribution in [2.24, 2.45) is 0 Å². The summed E-state index contributed by atoms with van der Waals surface area (Å²) in [5.41, 5.74) is 1.11. The Balaban J connectivity index is 1.43. The zero-order valence-electron chi connectivity index (χ0n) is 18.3. The minimum atomic E-state index is -0.526. The number of nitrogens with one attached hydrogen (secondary N) is 1. The summed E-state index contributed by atoms with van der Waals surface area (Å²) >= 11 is 0. The van der Waals surface area contributed by atoms with Gasteiger partial charge in [-0.3, -0.25) is 9.69 Å². The van der Waals surface area contributed by atoms with Crippen molar-refractivity contribution in [3.8, 4) is 29.1 Å². The number of hydrogen-bond donors (Lipinski definition) is 1. The van der Waals surface area contributed by atoms with Crippen molar-refractivity contribution in [3.63, 3.8) is 0 Å². The zero-order valence-corrected chi connectivity index (χ0v) is 18.3. The summed E-state index contributed by atoms with van der Waals surface area (Å²) in [6.07, 6.45) is 1.51. The lowest BCUT2D eigenvalue weighted by Gasteiger charge is -2.26. The van der Waals surface area contributed by atoms with Crippen molar-refractivity contribution in [2.75, 3.05) is 58.7 Å². The van der Waals surface area contributed by atoms with Gasteiger partial charge in [0.25, 0.3) is 5.91 Å². The van der Waals surface area contributed by atoms with Crippen LogP contribution in [0, 0.1) is 11.3 Å². The summed E-state index contributed by atoms with van der Waals surface area (Å²) in [5.74, 6) is 1.76. The predicted molar refractivity (Wildman–Crippen MR) is 121 cm³/mol. The number of amides is 1. The maximum atomic E-state index is 12.7. The molecule has 0 bridgehead atoms. The number of carbonyl (C=O) groups is 1. The lowest BCUT2D eigenvalue weighted by molar-refractivity contribution is -0.112. The number of anilines is 1. The topological polar surface area (TPSA) is 102 Å². The van der Waals surface area contributed by atoms with Crippen molar-refractivity contribution in [3.05, 3.63) is 47.5 Å². The third-order valence-electron chi connectivity index (χ3n) is 5.26. The summed E-state index contributed by atoms with van der Waals surface area (Å²) in [5, 5.41) is 12.3. The molecule has 2 aliphatic rings. The zero-order chi connectivity index (χ0) is 23.0. The molecule has 4 rings (SSSR count). The van der Waals surface area contributed by atoms with E-state index >= 15 is 0 Å². The van der Waals surface area contributed by atoms with Crippen LogP contribution in [0.25, 0.3) is 6.08 Å². The van der Waals surface area contributed by atoms with Crippen LogP contribution in [0.3, 0.4) is 0 Å². The quantitative estimate of drug-likeness (QED) is 0.483. The Morgan fingerprint density at radius 2 is 1.97 bits per heavy atom. The predicted octanol–water partition coefficient (Wildman–Crippen LogP) is 2.68. The van der Waals surface area contributed by atoms with E-state index in [0.29, 0.717) is 40.9 Å². The molecule has 0 spiro atoms. The van der Waals surface area contributed by atoms with E-state index in [1.807, 2.05) is 6.07 Å². The lowest BCUT2D eigenvalue weighted by Crippen LogP contribution is -2.38. The number of hydrogen-bond acceptors (Lipinski definition) is 8. The number of nitrogens with zero attached hydrogens (tertiary/aromatic N) is 2. The van der Waals surface area contributed by atoms with Crippen molar-refractivity contribution >= 4 is 17.7 Å². The van der Waals surface area contributed by atoms with Crippen LogP contribution in [-0.2, 0) is 9.53 Å². The molecule has 2 aromatic rings. The number of ether oxygens (including phenoxy) is 5. The number of nitriles is 1. The van der Waals surface area contributed by atoms with Gasteiger partial charge in [0.15, 0.2) is 23.0 Å². The smallest absolute Gasteiger partial charge is 0.266 e. The molecular formula is C24H25N3O6. The highest BCUT2D eigenvalue weighted by molar-refractivity contribution is 6.09. The van der Waals surface area contributed by atoms with E-state index in [-0.39, 0.29) is 12.4 Å². The Morgan fingerprint density at radius 1 is 1.15 bits per heavy atom. The average Bonchev–Trinajstić information content (AvgIpc) is 3.31. The summed E-state index contributed by atoms with van der Waals surface area (Å²) in [6, 6.07) is 12.3. The number of morpholine rings is 1. The molecule has 2 heterocycles. The molecule has 1 amide bonds. The first-order valence-corrected chi connectivity index (χ1v) is 10.6. The third-order valence-corrected chi connectivity index (χ3v) is 5.26. The fraction of sp³-hybridized carbons (Fsp3) is 0.333. The number of benzene rings is 2. The van der Waals surface area contributed by atoms with Gasteiger partial charge in [-0.1, -0.05) is 6.07 Å². The van der Waals surface area contributed by atoms with Crippen LogP contribution in [0.1, 0.15) is 5.56 Å². The summed E-state index contributed by atoms with van der Waals surface area (Å²) < 4.78 is 27.3. The maximum absolute atomic E-state index is 12.7. The molecule has 0 unspecified atom stereocenters. The molecule has 9 heteroatoms. The van der Waals surface area contributed by atoms with E-state index in [4.69, 9.17) is 23.7 Å². The van der Waals surface area contributed by atoms with E-state index in [1.165, 1.54) is 6.08 Å². The van der Waals surface area contributed by atoms with Crippen molar-refractivity contribution < 1.29 is 28.5 Å². The minimum Gasteiger partial charge on any atom is -0.493 e. The highest BCUT2D eigenvalue weighted by Crippen LogP contribution is 2.34. The van der Waals surface area contributed by atoms with Gasteiger partial charge in [0.05, 0.1) is 20.3 Å². The van der Waals surface area contributed by atoms with Gasteiger partial charge in [0.2, 0.25) is 6.79 Å². The number of methoxy groups -OCH3 is 1. The second-order valence-corrected chi connectivity index (χ2v) is 7.40. The first-order valence-electron chi connectivity index (χ1n) is 10.6. The third kappa shape index (κ3) is 5.74. The molecule has 1 saturated heterocycles. The van der Waals surface area contributed by atoms with Crippen molar-refractivity contribution in [1.29, 1.82) is 5.26 Å². The van der Waals surface area contributed by atoms with Gasteiger partial charge >= 0.3 is 0 Å². The molecule has 1 fully saturated rings. The SMILES string of the molecule is COc1ccc(/C=C(\C#N)C(=O)Nc2ccc3c(c2)OCO3)cc1OCCN1CCOCC1. The molecule has 33 heavy (non-hydrogen) atoms. The number of carbonyl (C=O) groups excluding carboxylic acids is 1. The van der Waals surface area contributed by atoms with Gasteiger partial charge in [-0.05, 0) is 35.9 Å². The largest absolute Gasteiger partial charge is 0.493 e. The van der Waals surface area contributed by atoms with Gasteiger partial charge in [-0.15, -0.1) is 0 Å². The first kappa shape index (κ1) is 22.5. The molecule has 2 aliphatic heterocycles. The van der Waals surface area contributed by atoms with Crippen molar-refractivity contribution in [1.82, 2.24) is 4.90 Å². The lowest BCUT2D eigenvalue weighted by atomic mass is 10.1. The van der Waals surface area contributed by atoms with E-state index in [1.54, 1.807) is 43.5 Å². The van der Waals surface area contributed by atoms with Gasteiger partial charge in [-0.2, -0.15) is 5.26 Å². The van der Waals surface area contributed by atoms with Gasteiger partial charge in [-0.25, -0.2) is 0 Å². The maximum Gasteiger partial charge on any atom is 0.266 e. The van der Waals surface area contributed by atoms with Crippen LogP contribution < -0.4 is 24.3 Å². The monoisotopic (exact) mass is 451 g/mol. The molecule has 2 aromatic carbocycles. The Bertz CT molecular complexity index is 1070. The molecule has 0 saturated carbocycles. The fourth-order valence-corrected chi connectivity index (χ4v) is 3.49. The van der Waals surface area contributed by atoms with Crippen LogP contribution >= 0.6 is 0 Å². The van der Waals surface area contributed by atoms with Gasteiger partial charge in [0, 0.05) is 31.4 Å². The van der Waals surface area contributed by atoms with Gasteiger partial charge < -0.3 is 29.0 Å². The molecule has 0 aliphatic carbocycles. The average molecular weight is 451 g/mol. The first-order chi connectivity index (χ1) is 16.2. The van der Waals surface area contributed by atoms with E-state index in [0.717, 1.165) is 32.8 Å². The van der Waals surface area contributed by atoms with E-state index in [9.17, 15) is 10.1 Å². The van der Waals surface area contributed by atoms with Crippen LogP contribution in [0.2, 0.25) is 0 Å². The van der Waals surface area contributed by atoms with E-state index in [2.05, 4.69) is 10.2 Å². The van der Waals surface area contributed by atoms with Crippen LogP contribution in [0.5, 0.6) is 23.0 Å². The standard InChI is InChI=1S/C24H25N3O6/c1-29-20-4-2-17(13-22(20)31-11-8-27-6-9-30-10-7-27)12-18(15-25)24(28)26-19-3-5-21-23(14-19)33-16-32-21/h2-5,12-14H,6-11,16H2,1H3,(H,26,28)/b18-12+. The van der Waals surface area contributed by atoms with Crippen molar-refractivity contribution in [2.45, 2.75) is 0 Å². The number of rotatable bonds is 8. The van der Waals surface area contributed by atoms with Crippen LogP contribution in [-0.4, -0.2) is 64.2 Å². The Hall–Kier alpha value is -3.74. The molecule has 0 radical (unpaired) electrons. The Labute approximate surface area is 192 Å². The highest BCUT2D eigenvalue weighted by Gasteiger charge is 2.16. The minimum absolute atomic E-state index is 0.0444. The molecule has 172 valence electrons. The number of fused-ring (bicyclic) bond motifs is 1. The molecule has 9 nitrogen and oxygen atoms in total. The normalized spacial score (nSPS) is 15.6. The van der Waals surface area contributed by atoms with Gasteiger partial charge in [0.1, 0.15) is 18.2 Å². The molecule has 1 N–H and O–H groups in total.